The standard InChI is InChI=1S/C14H23N3O2/c1-3-12-15-8-9-17(12)11-6-5-7-14(10-11,13(18)19)16-4-2/h8-9,11,16H,3-7,10H2,1-2H3,(H,18,19). The summed E-state index contributed by atoms with van der Waals surface area (Å²) in [5.74, 6) is 0.319. The summed E-state index contributed by atoms with van der Waals surface area (Å²) >= 11 is 0. The number of hydrogen-bond acceptors (Lipinski definition) is 3. The molecule has 0 aliphatic heterocycles. The zero-order chi connectivity index (χ0) is 13.9. The highest BCUT2D eigenvalue weighted by atomic mass is 16.4. The lowest BCUT2D eigenvalue weighted by Gasteiger charge is -2.39. The minimum atomic E-state index is -0.771. The van der Waals surface area contributed by atoms with E-state index in [1.165, 1.54) is 0 Å². The van der Waals surface area contributed by atoms with E-state index in [-0.39, 0.29) is 6.04 Å². The Balaban J connectivity index is 2.22. The van der Waals surface area contributed by atoms with Gasteiger partial charge in [-0.05, 0) is 32.2 Å². The maximum absolute atomic E-state index is 11.6. The first-order chi connectivity index (χ1) is 9.13. The predicted octanol–water partition coefficient (Wildman–Crippen LogP) is 1.99. The molecule has 0 bridgehead atoms. The van der Waals surface area contributed by atoms with Crippen LogP contribution in [0.15, 0.2) is 12.4 Å². The average molecular weight is 265 g/mol. The fourth-order valence-electron chi connectivity index (χ4n) is 3.20. The van der Waals surface area contributed by atoms with Crippen molar-refractivity contribution in [3.05, 3.63) is 18.2 Å². The molecule has 1 aromatic heterocycles. The average Bonchev–Trinajstić information content (AvgIpc) is 2.87. The number of carboxylic acid groups (broad SMARTS) is 1. The molecule has 1 aromatic rings. The summed E-state index contributed by atoms with van der Waals surface area (Å²) in [5, 5.41) is 12.8. The van der Waals surface area contributed by atoms with E-state index >= 15 is 0 Å². The Bertz CT molecular complexity index is 440. The van der Waals surface area contributed by atoms with Gasteiger partial charge in [-0.25, -0.2) is 4.98 Å². The monoisotopic (exact) mass is 265 g/mol. The fourth-order valence-corrected chi connectivity index (χ4v) is 3.20. The maximum atomic E-state index is 11.6. The van der Waals surface area contributed by atoms with Crippen LogP contribution in [0.25, 0.3) is 0 Å². The summed E-state index contributed by atoms with van der Waals surface area (Å²) in [6.07, 6.45) is 7.98. The normalized spacial score (nSPS) is 27.4. The lowest BCUT2D eigenvalue weighted by atomic mass is 9.78. The lowest BCUT2D eigenvalue weighted by Crippen LogP contribution is -2.55. The molecule has 0 saturated heterocycles. The molecule has 0 radical (unpaired) electrons. The second-order valence-electron chi connectivity index (χ2n) is 5.27. The van der Waals surface area contributed by atoms with Crippen LogP contribution in [0.3, 0.4) is 0 Å². The van der Waals surface area contributed by atoms with Crippen molar-refractivity contribution >= 4 is 5.97 Å². The number of hydrogen-bond donors (Lipinski definition) is 2. The van der Waals surface area contributed by atoms with E-state index in [1.807, 2.05) is 19.3 Å². The number of aromatic nitrogens is 2. The second kappa shape index (κ2) is 5.74. The molecule has 19 heavy (non-hydrogen) atoms. The van der Waals surface area contributed by atoms with E-state index in [9.17, 15) is 9.90 Å². The Kier molecular flexibility index (Phi) is 4.24. The third-order valence-electron chi connectivity index (χ3n) is 4.11. The lowest BCUT2D eigenvalue weighted by molar-refractivity contribution is -0.147. The van der Waals surface area contributed by atoms with Gasteiger partial charge in [-0.2, -0.15) is 0 Å². The van der Waals surface area contributed by atoms with E-state index in [0.717, 1.165) is 25.1 Å². The minimum Gasteiger partial charge on any atom is -0.480 e. The molecule has 1 saturated carbocycles. The third kappa shape index (κ3) is 2.66. The van der Waals surface area contributed by atoms with Crippen LogP contribution in [0.5, 0.6) is 0 Å². The molecular formula is C14H23N3O2. The number of imidazole rings is 1. The van der Waals surface area contributed by atoms with Crippen molar-refractivity contribution in [2.75, 3.05) is 6.54 Å². The Labute approximate surface area is 114 Å². The summed E-state index contributed by atoms with van der Waals surface area (Å²) in [4.78, 5) is 16.0. The van der Waals surface area contributed by atoms with Crippen molar-refractivity contribution in [2.45, 2.75) is 57.5 Å². The van der Waals surface area contributed by atoms with Crippen LogP contribution >= 0.6 is 0 Å². The summed E-state index contributed by atoms with van der Waals surface area (Å²) in [6, 6.07) is 0.237. The summed E-state index contributed by atoms with van der Waals surface area (Å²) in [7, 11) is 0. The first kappa shape index (κ1) is 14.1. The van der Waals surface area contributed by atoms with Gasteiger partial charge in [0.1, 0.15) is 11.4 Å². The quantitative estimate of drug-likeness (QED) is 0.854. The van der Waals surface area contributed by atoms with Crippen LogP contribution in [0, 0.1) is 0 Å². The van der Waals surface area contributed by atoms with E-state index in [2.05, 4.69) is 21.8 Å². The Morgan fingerprint density at radius 3 is 3.05 bits per heavy atom. The molecule has 2 rings (SSSR count). The number of carbonyl (C=O) groups is 1. The summed E-state index contributed by atoms with van der Waals surface area (Å²) in [6.45, 7) is 4.73. The van der Waals surface area contributed by atoms with Gasteiger partial charge < -0.3 is 15.0 Å². The van der Waals surface area contributed by atoms with E-state index in [4.69, 9.17) is 0 Å². The Hall–Kier alpha value is -1.36. The third-order valence-corrected chi connectivity index (χ3v) is 4.11. The number of aryl methyl sites for hydroxylation is 1. The van der Waals surface area contributed by atoms with E-state index in [0.29, 0.717) is 19.4 Å². The van der Waals surface area contributed by atoms with Crippen molar-refractivity contribution < 1.29 is 9.90 Å². The molecule has 1 fully saturated rings. The first-order valence-corrected chi connectivity index (χ1v) is 7.13. The van der Waals surface area contributed by atoms with Crippen LogP contribution in [0.2, 0.25) is 0 Å². The molecule has 2 N–H and O–H groups in total. The number of rotatable bonds is 5. The molecule has 2 atom stereocenters. The number of aliphatic carboxylic acids is 1. The van der Waals surface area contributed by atoms with Crippen LogP contribution in [0.1, 0.15) is 51.4 Å². The topological polar surface area (TPSA) is 67.2 Å². The van der Waals surface area contributed by atoms with Crippen LogP contribution in [-0.2, 0) is 11.2 Å². The minimum absolute atomic E-state index is 0.237. The molecule has 1 heterocycles. The molecule has 1 aliphatic rings. The van der Waals surface area contributed by atoms with Gasteiger partial charge in [0.15, 0.2) is 0 Å². The van der Waals surface area contributed by atoms with Crippen molar-refractivity contribution in [1.29, 1.82) is 0 Å². The SMILES string of the molecule is CCNC1(C(=O)O)CCCC(n2ccnc2CC)C1. The Morgan fingerprint density at radius 2 is 2.42 bits per heavy atom. The molecule has 1 aliphatic carbocycles. The summed E-state index contributed by atoms with van der Waals surface area (Å²) in [5.41, 5.74) is -0.771. The molecule has 0 spiro atoms. The molecular weight excluding hydrogens is 242 g/mol. The molecule has 5 heteroatoms. The second-order valence-corrected chi connectivity index (χ2v) is 5.27. The smallest absolute Gasteiger partial charge is 0.323 e. The predicted molar refractivity (Wildman–Crippen MR) is 73.2 cm³/mol. The van der Waals surface area contributed by atoms with Gasteiger partial charge >= 0.3 is 5.97 Å². The highest BCUT2D eigenvalue weighted by Crippen LogP contribution is 2.36. The van der Waals surface area contributed by atoms with Gasteiger partial charge in [-0.3, -0.25) is 4.79 Å². The highest BCUT2D eigenvalue weighted by molar-refractivity contribution is 5.79. The van der Waals surface area contributed by atoms with Crippen molar-refractivity contribution in [1.82, 2.24) is 14.9 Å². The van der Waals surface area contributed by atoms with Gasteiger partial charge in [-0.15, -0.1) is 0 Å². The van der Waals surface area contributed by atoms with Crippen molar-refractivity contribution in [3.63, 3.8) is 0 Å². The van der Waals surface area contributed by atoms with Gasteiger partial charge in [0.2, 0.25) is 0 Å². The van der Waals surface area contributed by atoms with Crippen LogP contribution in [-0.4, -0.2) is 32.7 Å². The Morgan fingerprint density at radius 1 is 1.63 bits per heavy atom. The van der Waals surface area contributed by atoms with Gasteiger partial charge in [0.05, 0.1) is 0 Å². The molecule has 0 amide bonds. The van der Waals surface area contributed by atoms with E-state index < -0.39 is 11.5 Å². The van der Waals surface area contributed by atoms with Gasteiger partial charge in [0.25, 0.3) is 0 Å². The van der Waals surface area contributed by atoms with Gasteiger partial charge in [0, 0.05) is 24.9 Å². The van der Waals surface area contributed by atoms with E-state index in [1.54, 1.807) is 0 Å². The zero-order valence-electron chi connectivity index (χ0n) is 11.7. The molecule has 5 nitrogen and oxygen atoms in total. The van der Waals surface area contributed by atoms with Crippen LogP contribution in [0.4, 0.5) is 0 Å². The van der Waals surface area contributed by atoms with Crippen molar-refractivity contribution in [3.8, 4) is 0 Å². The highest BCUT2D eigenvalue weighted by Gasteiger charge is 2.42. The zero-order valence-corrected chi connectivity index (χ0v) is 11.7. The molecule has 2 unspecified atom stereocenters. The number of likely N-dealkylation sites (N-methyl/N-ethyl adjacent to an activating group) is 1. The van der Waals surface area contributed by atoms with Gasteiger partial charge in [-0.1, -0.05) is 13.8 Å². The molecule has 0 aromatic carbocycles. The summed E-state index contributed by atoms with van der Waals surface area (Å²) < 4.78 is 2.16. The van der Waals surface area contributed by atoms with Crippen LogP contribution < -0.4 is 5.32 Å². The first-order valence-electron chi connectivity index (χ1n) is 7.13. The fraction of sp³-hybridized carbons (Fsp3) is 0.714. The largest absolute Gasteiger partial charge is 0.480 e. The van der Waals surface area contributed by atoms with Crippen molar-refractivity contribution in [2.24, 2.45) is 0 Å². The molecule has 106 valence electrons. The number of nitrogens with zero attached hydrogens (tertiary/aromatic N) is 2. The maximum Gasteiger partial charge on any atom is 0.323 e. The number of carboxylic acids is 1. The number of nitrogens with one attached hydrogen (secondary N) is 1.